The van der Waals surface area contributed by atoms with Gasteiger partial charge in [0.2, 0.25) is 0 Å². The predicted molar refractivity (Wildman–Crippen MR) is 111 cm³/mol. The number of hydrogen-bond donors (Lipinski definition) is 2. The van der Waals surface area contributed by atoms with Crippen molar-refractivity contribution in [1.82, 2.24) is 9.97 Å². The molecule has 0 aliphatic heterocycles. The molecule has 0 saturated heterocycles. The van der Waals surface area contributed by atoms with Crippen LogP contribution in [0.25, 0.3) is 22.5 Å². The van der Waals surface area contributed by atoms with Gasteiger partial charge in [0.1, 0.15) is 23.1 Å². The lowest BCUT2D eigenvalue weighted by Gasteiger charge is -2.19. The maximum Gasteiger partial charge on any atom is 0.134 e. The maximum atomic E-state index is 10.1. The van der Waals surface area contributed by atoms with E-state index < -0.39 is 0 Å². The Morgan fingerprint density at radius 2 is 1.00 bits per heavy atom. The van der Waals surface area contributed by atoms with Crippen LogP contribution in [0.15, 0.2) is 84.9 Å². The number of benzene rings is 2. The third kappa shape index (κ3) is 3.38. The van der Waals surface area contributed by atoms with Gasteiger partial charge in [-0.15, -0.1) is 0 Å². The summed E-state index contributed by atoms with van der Waals surface area (Å²) >= 11 is 0. The summed E-state index contributed by atoms with van der Waals surface area (Å²) in [5.74, 6) is 1.77. The first-order valence-electron chi connectivity index (χ1n) is 8.88. The largest absolute Gasteiger partial charge is 0.507 e. The van der Waals surface area contributed by atoms with Crippen molar-refractivity contribution in [1.29, 1.82) is 0 Å². The molecule has 0 bridgehead atoms. The van der Waals surface area contributed by atoms with Gasteiger partial charge in [-0.25, -0.2) is 9.97 Å². The number of phenols is 2. The lowest BCUT2D eigenvalue weighted by atomic mass is 10.1. The number of nitrogens with zero attached hydrogens (tertiary/aromatic N) is 3. The number of anilines is 2. The van der Waals surface area contributed by atoms with Crippen LogP contribution in [0.1, 0.15) is 0 Å². The van der Waals surface area contributed by atoms with E-state index in [2.05, 4.69) is 9.97 Å². The number of rotatable bonds is 4. The van der Waals surface area contributed by atoms with Gasteiger partial charge in [-0.2, -0.15) is 0 Å². The van der Waals surface area contributed by atoms with Crippen molar-refractivity contribution in [2.45, 2.75) is 0 Å². The maximum absolute atomic E-state index is 10.1. The van der Waals surface area contributed by atoms with E-state index in [1.54, 1.807) is 24.3 Å². The number of hydrogen-bond acceptors (Lipinski definition) is 5. The van der Waals surface area contributed by atoms with Gasteiger partial charge in [-0.3, -0.25) is 0 Å². The lowest BCUT2D eigenvalue weighted by molar-refractivity contribution is 0.476. The second-order valence-electron chi connectivity index (χ2n) is 6.36. The minimum absolute atomic E-state index is 0.189. The summed E-state index contributed by atoms with van der Waals surface area (Å²) in [7, 11) is 1.88. The highest BCUT2D eigenvalue weighted by Gasteiger charge is 2.12. The quantitative estimate of drug-likeness (QED) is 0.530. The first-order chi connectivity index (χ1) is 13.6. The molecule has 0 aliphatic carbocycles. The van der Waals surface area contributed by atoms with Crippen LogP contribution in [0.2, 0.25) is 0 Å². The van der Waals surface area contributed by atoms with Crippen molar-refractivity contribution in [2.75, 3.05) is 11.9 Å². The molecule has 4 aromatic rings. The predicted octanol–water partition coefficient (Wildman–Crippen LogP) is 4.99. The Labute approximate surface area is 163 Å². The summed E-state index contributed by atoms with van der Waals surface area (Å²) in [6.07, 6.45) is 0. The Kier molecular flexibility index (Phi) is 4.64. The molecular weight excluding hydrogens is 350 g/mol. The second kappa shape index (κ2) is 7.40. The lowest BCUT2D eigenvalue weighted by Crippen LogP contribution is -2.13. The third-order valence-electron chi connectivity index (χ3n) is 4.52. The Bertz CT molecular complexity index is 1040. The van der Waals surface area contributed by atoms with Crippen molar-refractivity contribution in [3.63, 3.8) is 0 Å². The van der Waals surface area contributed by atoms with Crippen LogP contribution in [0.3, 0.4) is 0 Å². The molecule has 2 aromatic carbocycles. The van der Waals surface area contributed by atoms with Gasteiger partial charge in [0.15, 0.2) is 0 Å². The fraction of sp³-hybridized carbons (Fsp3) is 0.0435. The normalized spacial score (nSPS) is 10.6. The summed E-state index contributed by atoms with van der Waals surface area (Å²) in [6, 6.07) is 25.5. The van der Waals surface area contributed by atoms with Crippen molar-refractivity contribution in [3.8, 4) is 34.0 Å². The standard InChI is InChI=1S/C23H19N3O2/c1-26(22-14-6-10-18(24-22)16-8-2-4-12-20(16)27)23-15-7-11-19(25-23)17-9-3-5-13-21(17)28/h2-15,27-28H,1H3. The molecule has 0 unspecified atom stereocenters. The van der Waals surface area contributed by atoms with Gasteiger partial charge in [-0.05, 0) is 48.5 Å². The molecule has 138 valence electrons. The molecule has 0 saturated carbocycles. The Hall–Kier alpha value is -3.86. The fourth-order valence-corrected chi connectivity index (χ4v) is 3.02. The van der Waals surface area contributed by atoms with E-state index in [0.717, 1.165) is 0 Å². The Morgan fingerprint density at radius 1 is 0.571 bits per heavy atom. The topological polar surface area (TPSA) is 69.5 Å². The summed E-state index contributed by atoms with van der Waals surface area (Å²) in [4.78, 5) is 11.2. The fourth-order valence-electron chi connectivity index (χ4n) is 3.02. The molecule has 2 aromatic heterocycles. The summed E-state index contributed by atoms with van der Waals surface area (Å²) < 4.78 is 0. The van der Waals surface area contributed by atoms with Gasteiger partial charge in [0.05, 0.1) is 11.4 Å². The van der Waals surface area contributed by atoms with E-state index in [-0.39, 0.29) is 11.5 Å². The average molecular weight is 369 g/mol. The van der Waals surface area contributed by atoms with Crippen LogP contribution in [0.4, 0.5) is 11.6 Å². The number of aromatic nitrogens is 2. The van der Waals surface area contributed by atoms with Crippen LogP contribution < -0.4 is 4.90 Å². The molecule has 2 heterocycles. The van der Waals surface area contributed by atoms with Gasteiger partial charge < -0.3 is 15.1 Å². The van der Waals surface area contributed by atoms with E-state index in [4.69, 9.17) is 0 Å². The van der Waals surface area contributed by atoms with Gasteiger partial charge in [0.25, 0.3) is 0 Å². The van der Waals surface area contributed by atoms with Crippen LogP contribution >= 0.6 is 0 Å². The minimum atomic E-state index is 0.189. The SMILES string of the molecule is CN(c1cccc(-c2ccccc2O)n1)c1cccc(-c2ccccc2O)n1. The smallest absolute Gasteiger partial charge is 0.134 e. The molecule has 28 heavy (non-hydrogen) atoms. The molecule has 0 amide bonds. The van der Waals surface area contributed by atoms with Gasteiger partial charge in [0, 0.05) is 18.2 Å². The monoisotopic (exact) mass is 369 g/mol. The molecule has 5 heteroatoms. The molecule has 0 atom stereocenters. The van der Waals surface area contributed by atoms with Gasteiger partial charge in [-0.1, -0.05) is 36.4 Å². The molecule has 2 N–H and O–H groups in total. The molecule has 0 spiro atoms. The van der Waals surface area contributed by atoms with Gasteiger partial charge >= 0.3 is 0 Å². The Balaban J connectivity index is 1.70. The molecule has 0 fully saturated rings. The highest BCUT2D eigenvalue weighted by atomic mass is 16.3. The highest BCUT2D eigenvalue weighted by molar-refractivity contribution is 5.71. The van der Waals surface area contributed by atoms with E-state index in [1.165, 1.54) is 0 Å². The number of pyridine rings is 2. The Morgan fingerprint density at radius 3 is 1.43 bits per heavy atom. The average Bonchev–Trinajstić information content (AvgIpc) is 2.74. The second-order valence-corrected chi connectivity index (χ2v) is 6.36. The zero-order chi connectivity index (χ0) is 19.5. The van der Waals surface area contributed by atoms with Crippen LogP contribution in [-0.2, 0) is 0 Å². The zero-order valence-electron chi connectivity index (χ0n) is 15.3. The van der Waals surface area contributed by atoms with E-state index >= 15 is 0 Å². The molecule has 4 rings (SSSR count). The van der Waals surface area contributed by atoms with Crippen LogP contribution in [-0.4, -0.2) is 27.2 Å². The molecule has 0 aliphatic rings. The molecular formula is C23H19N3O2. The third-order valence-corrected chi connectivity index (χ3v) is 4.52. The summed E-state index contributed by atoms with van der Waals surface area (Å²) in [6.45, 7) is 0. The first kappa shape index (κ1) is 17.5. The number of aromatic hydroxyl groups is 2. The van der Waals surface area contributed by atoms with Crippen molar-refractivity contribution in [2.24, 2.45) is 0 Å². The molecule has 0 radical (unpaired) electrons. The zero-order valence-corrected chi connectivity index (χ0v) is 15.3. The first-order valence-corrected chi connectivity index (χ1v) is 8.88. The number of para-hydroxylation sites is 2. The van der Waals surface area contributed by atoms with Crippen molar-refractivity contribution < 1.29 is 10.2 Å². The van der Waals surface area contributed by atoms with E-state index in [0.29, 0.717) is 34.2 Å². The molecule has 5 nitrogen and oxygen atoms in total. The van der Waals surface area contributed by atoms with Crippen LogP contribution in [0, 0.1) is 0 Å². The highest BCUT2D eigenvalue weighted by Crippen LogP contribution is 2.31. The number of phenolic OH excluding ortho intramolecular Hbond substituents is 2. The van der Waals surface area contributed by atoms with Crippen LogP contribution in [0.5, 0.6) is 11.5 Å². The van der Waals surface area contributed by atoms with Crippen molar-refractivity contribution >= 4 is 11.6 Å². The van der Waals surface area contributed by atoms with E-state index in [1.807, 2.05) is 72.6 Å². The minimum Gasteiger partial charge on any atom is -0.507 e. The van der Waals surface area contributed by atoms with Crippen molar-refractivity contribution in [3.05, 3.63) is 84.9 Å². The summed E-state index contributed by atoms with van der Waals surface area (Å²) in [5, 5.41) is 20.2. The van der Waals surface area contributed by atoms with E-state index in [9.17, 15) is 10.2 Å². The summed E-state index contributed by atoms with van der Waals surface area (Å²) in [5.41, 5.74) is 2.71.